The fourth-order valence-electron chi connectivity index (χ4n) is 3.00. The highest BCUT2D eigenvalue weighted by molar-refractivity contribution is 6.29. The highest BCUT2D eigenvalue weighted by Crippen LogP contribution is 2.25. The topological polar surface area (TPSA) is 162 Å². The first-order chi connectivity index (χ1) is 18.1. The van der Waals surface area contributed by atoms with Crippen LogP contribution in [0.15, 0.2) is 47.5 Å². The Hall–Kier alpha value is -4.05. The van der Waals surface area contributed by atoms with Gasteiger partial charge in [-0.2, -0.15) is 26.7 Å². The molecule has 5 N–H and O–H groups in total. The number of rotatable bonds is 9. The van der Waals surface area contributed by atoms with Crippen LogP contribution in [0.4, 0.5) is 33.6 Å². The van der Waals surface area contributed by atoms with E-state index in [9.17, 15) is 32.0 Å². The molecule has 0 unspecified atom stereocenters. The average Bonchev–Trinajstić information content (AvgIpc) is 2.84. The molecule has 3 aromatic rings. The first-order valence-electron chi connectivity index (χ1n) is 10.9. The van der Waals surface area contributed by atoms with Crippen molar-refractivity contribution in [3.8, 4) is 0 Å². The number of pyridine rings is 2. The third-order valence-corrected chi connectivity index (χ3v) is 5.27. The fourth-order valence-corrected chi connectivity index (χ4v) is 3.21. The van der Waals surface area contributed by atoms with Crippen LogP contribution in [0.2, 0.25) is 5.15 Å². The number of hydrogen-bond donors (Lipinski definition) is 4. The van der Waals surface area contributed by atoms with E-state index < -0.39 is 35.9 Å². The maximum atomic E-state index is 14.4. The molecule has 0 amide bonds. The molecule has 0 aromatic carbocycles. The van der Waals surface area contributed by atoms with Crippen LogP contribution in [0, 0.1) is 12.1 Å². The number of nitrogens with one attached hydrogen (secondary N) is 2. The van der Waals surface area contributed by atoms with Gasteiger partial charge in [0.1, 0.15) is 11.0 Å². The molecule has 0 aliphatic rings. The SMILES string of the molecule is Cc1nc(N)ccc1CNCCn1c(Cl)cnc(NCC(F)(F)c2cccc[n+]2[O-])c1=O.O=C(O)C(F)(F)F. The third-order valence-electron chi connectivity index (χ3n) is 4.97. The molecule has 17 heteroatoms. The van der Waals surface area contributed by atoms with Crippen molar-refractivity contribution >= 4 is 29.2 Å². The number of carboxylic acids is 1. The molecule has 0 saturated heterocycles. The summed E-state index contributed by atoms with van der Waals surface area (Å²) in [6, 6.07) is 7.26. The number of aromatic nitrogens is 4. The van der Waals surface area contributed by atoms with E-state index in [1.807, 2.05) is 13.0 Å². The summed E-state index contributed by atoms with van der Waals surface area (Å²) in [4.78, 5) is 29.6. The Kier molecular flexibility index (Phi) is 10.5. The van der Waals surface area contributed by atoms with Crippen LogP contribution in [-0.4, -0.2) is 44.9 Å². The van der Waals surface area contributed by atoms with Crippen LogP contribution < -0.4 is 26.7 Å². The lowest BCUT2D eigenvalue weighted by Gasteiger charge is -2.17. The average molecular weight is 580 g/mol. The molecule has 0 fully saturated rings. The van der Waals surface area contributed by atoms with Gasteiger partial charge in [0, 0.05) is 37.5 Å². The quantitative estimate of drug-likeness (QED) is 0.129. The normalized spacial score (nSPS) is 11.5. The van der Waals surface area contributed by atoms with E-state index in [2.05, 4.69) is 20.6 Å². The molecular formula is C22H23ClF5N7O4. The first kappa shape index (κ1) is 31.2. The van der Waals surface area contributed by atoms with E-state index in [0.717, 1.165) is 23.5 Å². The smallest absolute Gasteiger partial charge is 0.490 e. The summed E-state index contributed by atoms with van der Waals surface area (Å²) in [7, 11) is 0. The Balaban J connectivity index is 0.000000673. The van der Waals surface area contributed by atoms with Crippen molar-refractivity contribution in [1.29, 1.82) is 0 Å². The molecular weight excluding hydrogens is 557 g/mol. The summed E-state index contributed by atoms with van der Waals surface area (Å²) in [5, 5.41) is 24.3. The molecule has 3 heterocycles. The van der Waals surface area contributed by atoms with Crippen LogP contribution in [0.25, 0.3) is 0 Å². The van der Waals surface area contributed by atoms with Crippen molar-refractivity contribution in [3.05, 3.63) is 80.4 Å². The number of hydrogen-bond acceptors (Lipinski definition) is 8. The Bertz CT molecular complexity index is 1360. The minimum atomic E-state index is -5.08. The van der Waals surface area contributed by atoms with Crippen molar-refractivity contribution < 1.29 is 36.6 Å². The Morgan fingerprint density at radius 3 is 2.49 bits per heavy atom. The first-order valence-corrected chi connectivity index (χ1v) is 11.3. The maximum Gasteiger partial charge on any atom is 0.490 e. The zero-order chi connectivity index (χ0) is 29.4. The van der Waals surface area contributed by atoms with E-state index in [1.54, 1.807) is 6.07 Å². The number of nitrogens with two attached hydrogens (primary N) is 1. The zero-order valence-corrected chi connectivity index (χ0v) is 20.9. The number of aliphatic carboxylic acids is 1. The Morgan fingerprint density at radius 2 is 1.90 bits per heavy atom. The molecule has 0 radical (unpaired) electrons. The van der Waals surface area contributed by atoms with Crippen LogP contribution in [0.3, 0.4) is 0 Å². The maximum absolute atomic E-state index is 14.4. The molecule has 0 aliphatic carbocycles. The van der Waals surface area contributed by atoms with Crippen molar-refractivity contribution in [2.45, 2.75) is 32.1 Å². The monoisotopic (exact) mass is 579 g/mol. The molecule has 0 bridgehead atoms. The number of carboxylic acid groups (broad SMARTS) is 1. The number of carbonyl (C=O) groups is 1. The molecule has 3 rings (SSSR count). The molecule has 39 heavy (non-hydrogen) atoms. The third kappa shape index (κ3) is 9.03. The summed E-state index contributed by atoms with van der Waals surface area (Å²) < 4.78 is 61.9. The van der Waals surface area contributed by atoms with Gasteiger partial charge in [-0.3, -0.25) is 9.36 Å². The number of nitrogens with zero attached hydrogens (tertiary/aromatic N) is 4. The van der Waals surface area contributed by atoms with E-state index in [4.69, 9.17) is 27.2 Å². The molecule has 11 nitrogen and oxygen atoms in total. The fraction of sp³-hybridized carbons (Fsp3) is 0.318. The van der Waals surface area contributed by atoms with Crippen molar-refractivity contribution in [2.24, 2.45) is 0 Å². The largest absolute Gasteiger partial charge is 0.618 e. The summed E-state index contributed by atoms with van der Waals surface area (Å²) in [5.74, 6) is -6.13. The van der Waals surface area contributed by atoms with Gasteiger partial charge in [0.2, 0.25) is 0 Å². The van der Waals surface area contributed by atoms with Crippen molar-refractivity contribution in [2.75, 3.05) is 24.1 Å². The summed E-state index contributed by atoms with van der Waals surface area (Å²) in [6.45, 7) is 1.93. The summed E-state index contributed by atoms with van der Waals surface area (Å²) in [5.41, 5.74) is 6.00. The van der Waals surface area contributed by atoms with Crippen LogP contribution in [-0.2, 0) is 23.8 Å². The lowest BCUT2D eigenvalue weighted by molar-refractivity contribution is -0.624. The van der Waals surface area contributed by atoms with Gasteiger partial charge >= 0.3 is 18.1 Å². The highest BCUT2D eigenvalue weighted by Gasteiger charge is 2.39. The molecule has 0 aliphatic heterocycles. The summed E-state index contributed by atoms with van der Waals surface area (Å²) >= 11 is 6.08. The molecule has 0 atom stereocenters. The van der Waals surface area contributed by atoms with Crippen molar-refractivity contribution in [3.63, 3.8) is 0 Å². The standard InChI is InChI=1S/C20H22ClF2N7O2.C2HF3O2/c1-13-14(5-6-17(24)28-13)10-25-7-9-29-16(21)11-26-18(19(29)31)27-12-20(22,23)15-4-2-3-8-30(15)32;3-2(4,5)1(6)7/h2-6,8,11,25H,7,9-10,12H2,1H3,(H2,24,28)(H,26,27);(H,6,7). The second-order valence-corrected chi connectivity index (χ2v) is 8.20. The van der Waals surface area contributed by atoms with Gasteiger partial charge in [0.05, 0.1) is 12.7 Å². The van der Waals surface area contributed by atoms with Crippen LogP contribution >= 0.6 is 11.6 Å². The number of halogens is 6. The van der Waals surface area contributed by atoms with Gasteiger partial charge < -0.3 is 26.7 Å². The lowest BCUT2D eigenvalue weighted by atomic mass is 10.2. The van der Waals surface area contributed by atoms with Crippen LogP contribution in [0.1, 0.15) is 17.0 Å². The molecule has 0 saturated carbocycles. The zero-order valence-electron chi connectivity index (χ0n) is 20.2. The van der Waals surface area contributed by atoms with Gasteiger partial charge in [-0.25, -0.2) is 14.8 Å². The number of anilines is 2. The minimum Gasteiger partial charge on any atom is -0.618 e. The Morgan fingerprint density at radius 1 is 1.23 bits per heavy atom. The predicted molar refractivity (Wildman–Crippen MR) is 130 cm³/mol. The summed E-state index contributed by atoms with van der Waals surface area (Å²) in [6.07, 6.45) is -2.90. The molecule has 212 valence electrons. The van der Waals surface area contributed by atoms with Gasteiger partial charge in [-0.1, -0.05) is 17.7 Å². The second kappa shape index (κ2) is 13.1. The van der Waals surface area contributed by atoms with Gasteiger partial charge in [0.25, 0.3) is 11.3 Å². The molecule has 0 spiro atoms. The van der Waals surface area contributed by atoms with E-state index >= 15 is 0 Å². The number of aryl methyl sites for hydroxylation is 1. The van der Waals surface area contributed by atoms with E-state index in [0.29, 0.717) is 18.9 Å². The number of nitrogen functional groups attached to an aromatic ring is 1. The van der Waals surface area contributed by atoms with E-state index in [1.165, 1.54) is 22.9 Å². The van der Waals surface area contributed by atoms with Crippen LogP contribution in [0.5, 0.6) is 0 Å². The Labute approximate surface area is 222 Å². The lowest BCUT2D eigenvalue weighted by Crippen LogP contribution is -2.41. The van der Waals surface area contributed by atoms with Gasteiger partial charge in [-0.05, 0) is 24.6 Å². The van der Waals surface area contributed by atoms with Gasteiger partial charge in [0.15, 0.2) is 12.0 Å². The predicted octanol–water partition coefficient (Wildman–Crippen LogP) is 2.44. The second-order valence-electron chi connectivity index (χ2n) is 7.82. The number of alkyl halides is 5. The van der Waals surface area contributed by atoms with Crippen molar-refractivity contribution in [1.82, 2.24) is 19.9 Å². The minimum absolute atomic E-state index is 0.0694. The highest BCUT2D eigenvalue weighted by atomic mass is 35.5. The van der Waals surface area contributed by atoms with E-state index in [-0.39, 0.29) is 22.2 Å². The van der Waals surface area contributed by atoms with Gasteiger partial charge in [-0.15, -0.1) is 0 Å². The molecule has 3 aromatic heterocycles.